The number of ether oxygens (including phenoxy) is 1. The smallest absolute Gasteiger partial charge is 0.193 e. The van der Waals surface area contributed by atoms with Gasteiger partial charge in [0, 0.05) is 51.5 Å². The molecule has 1 aromatic carbocycles. The van der Waals surface area contributed by atoms with E-state index in [1.807, 2.05) is 6.07 Å². The highest BCUT2D eigenvalue weighted by atomic mass is 127. The summed E-state index contributed by atoms with van der Waals surface area (Å²) in [6.07, 6.45) is 1.82. The first-order chi connectivity index (χ1) is 14.2. The highest BCUT2D eigenvalue weighted by molar-refractivity contribution is 14.0. The third-order valence-electron chi connectivity index (χ3n) is 6.41. The molecule has 2 aliphatic heterocycles. The van der Waals surface area contributed by atoms with E-state index in [1.54, 1.807) is 20.9 Å². The second-order valence-electron chi connectivity index (χ2n) is 9.07. The van der Waals surface area contributed by atoms with Crippen molar-refractivity contribution in [3.8, 4) is 0 Å². The summed E-state index contributed by atoms with van der Waals surface area (Å²) in [5.41, 5.74) is 1.15. The highest BCUT2D eigenvalue weighted by Gasteiger charge is 2.41. The third kappa shape index (κ3) is 6.33. The van der Waals surface area contributed by atoms with Gasteiger partial charge in [-0.25, -0.2) is 8.42 Å². The second-order valence-corrected chi connectivity index (χ2v) is 11.8. The Kier molecular flexibility index (Phi) is 9.18. The molecule has 2 saturated heterocycles. The number of hydrogen-bond acceptors (Lipinski definition) is 5. The Hall–Kier alpha value is -0.910. The van der Waals surface area contributed by atoms with Crippen LogP contribution in [0.25, 0.3) is 0 Å². The van der Waals surface area contributed by atoms with Gasteiger partial charge in [-0.3, -0.25) is 4.99 Å². The molecule has 31 heavy (non-hydrogen) atoms. The summed E-state index contributed by atoms with van der Waals surface area (Å²) in [6, 6.07) is 10.7. The van der Waals surface area contributed by atoms with Crippen LogP contribution in [0.15, 0.2) is 35.3 Å². The zero-order valence-corrected chi connectivity index (χ0v) is 22.2. The molecule has 176 valence electrons. The lowest BCUT2D eigenvalue weighted by atomic mass is 9.88. The van der Waals surface area contributed by atoms with Gasteiger partial charge in [-0.2, -0.15) is 0 Å². The van der Waals surface area contributed by atoms with Crippen molar-refractivity contribution >= 4 is 39.8 Å². The van der Waals surface area contributed by atoms with Crippen molar-refractivity contribution in [3.63, 3.8) is 0 Å². The fourth-order valence-electron chi connectivity index (χ4n) is 4.32. The van der Waals surface area contributed by atoms with Gasteiger partial charge >= 0.3 is 0 Å². The average Bonchev–Trinajstić information content (AvgIpc) is 2.72. The summed E-state index contributed by atoms with van der Waals surface area (Å²) in [7, 11) is -1.32. The second kappa shape index (κ2) is 10.8. The molecule has 0 spiro atoms. The van der Waals surface area contributed by atoms with E-state index in [4.69, 9.17) is 4.74 Å². The SMILES string of the molecule is CN=C(NCC1(NC(C)c2ccccc2)CCOCC1)N1CCS(=O)(=O)C(C)(C)C1.I. The molecule has 1 unspecified atom stereocenters. The molecule has 2 N–H and O–H groups in total. The van der Waals surface area contributed by atoms with Crippen molar-refractivity contribution in [2.45, 2.75) is 49.9 Å². The summed E-state index contributed by atoms with van der Waals surface area (Å²) in [5.74, 6) is 0.918. The molecule has 0 aliphatic carbocycles. The quantitative estimate of drug-likeness (QED) is 0.325. The fraction of sp³-hybridized carbons (Fsp3) is 0.682. The molecule has 0 saturated carbocycles. The maximum absolute atomic E-state index is 12.4. The van der Waals surface area contributed by atoms with E-state index in [0.717, 1.165) is 32.0 Å². The summed E-state index contributed by atoms with van der Waals surface area (Å²) < 4.78 is 29.6. The normalized spacial score (nSPS) is 23.5. The van der Waals surface area contributed by atoms with Gasteiger partial charge in [-0.1, -0.05) is 30.3 Å². The van der Waals surface area contributed by atoms with Gasteiger partial charge < -0.3 is 20.3 Å². The van der Waals surface area contributed by atoms with Crippen LogP contribution in [0, 0.1) is 0 Å². The first-order valence-electron chi connectivity index (χ1n) is 10.8. The molecule has 2 aliphatic rings. The van der Waals surface area contributed by atoms with Crippen LogP contribution in [0.3, 0.4) is 0 Å². The highest BCUT2D eigenvalue weighted by Crippen LogP contribution is 2.26. The molecular formula is C22H37IN4O3S. The van der Waals surface area contributed by atoms with Crippen molar-refractivity contribution in [1.29, 1.82) is 0 Å². The van der Waals surface area contributed by atoms with Crippen molar-refractivity contribution < 1.29 is 13.2 Å². The molecule has 0 radical (unpaired) electrons. The lowest BCUT2D eigenvalue weighted by Gasteiger charge is -2.43. The Labute approximate surface area is 204 Å². The minimum absolute atomic E-state index is 0. The lowest BCUT2D eigenvalue weighted by molar-refractivity contribution is 0.0352. The Morgan fingerprint density at radius 2 is 1.87 bits per heavy atom. The molecule has 0 aromatic heterocycles. The van der Waals surface area contributed by atoms with Gasteiger partial charge in [0.2, 0.25) is 0 Å². The Balaban J connectivity index is 0.00000341. The Morgan fingerprint density at radius 3 is 2.45 bits per heavy atom. The predicted octanol–water partition coefficient (Wildman–Crippen LogP) is 2.59. The summed E-state index contributed by atoms with van der Waals surface area (Å²) in [4.78, 5) is 6.52. The lowest BCUT2D eigenvalue weighted by Crippen LogP contribution is -2.61. The van der Waals surface area contributed by atoms with Crippen LogP contribution in [-0.2, 0) is 14.6 Å². The molecule has 2 heterocycles. The van der Waals surface area contributed by atoms with E-state index in [0.29, 0.717) is 19.6 Å². The van der Waals surface area contributed by atoms with Crippen molar-refractivity contribution in [2.24, 2.45) is 4.99 Å². The van der Waals surface area contributed by atoms with E-state index in [1.165, 1.54) is 5.56 Å². The van der Waals surface area contributed by atoms with Crippen LogP contribution in [0.5, 0.6) is 0 Å². The largest absolute Gasteiger partial charge is 0.381 e. The Bertz CT molecular complexity index is 840. The molecule has 1 aromatic rings. The van der Waals surface area contributed by atoms with Gasteiger partial charge in [0.05, 0.1) is 10.5 Å². The van der Waals surface area contributed by atoms with Crippen molar-refractivity contribution in [2.75, 3.05) is 45.6 Å². The number of halogens is 1. The zero-order chi connectivity index (χ0) is 21.8. The summed E-state index contributed by atoms with van der Waals surface area (Å²) >= 11 is 0. The number of rotatable bonds is 5. The van der Waals surface area contributed by atoms with E-state index in [-0.39, 0.29) is 41.3 Å². The van der Waals surface area contributed by atoms with Crippen LogP contribution in [0.1, 0.15) is 45.2 Å². The third-order valence-corrected chi connectivity index (χ3v) is 8.94. The van der Waals surface area contributed by atoms with Gasteiger partial charge in [-0.05, 0) is 39.2 Å². The minimum Gasteiger partial charge on any atom is -0.381 e. The molecule has 0 amide bonds. The van der Waals surface area contributed by atoms with Crippen LogP contribution in [-0.4, -0.2) is 75.2 Å². The monoisotopic (exact) mass is 564 g/mol. The predicted molar refractivity (Wildman–Crippen MR) is 137 cm³/mol. The van der Waals surface area contributed by atoms with Crippen molar-refractivity contribution in [1.82, 2.24) is 15.5 Å². The number of hydrogen-bond donors (Lipinski definition) is 2. The van der Waals surface area contributed by atoms with Crippen LogP contribution >= 0.6 is 24.0 Å². The van der Waals surface area contributed by atoms with Gasteiger partial charge in [0.15, 0.2) is 15.8 Å². The number of guanidine groups is 1. The molecule has 7 nitrogen and oxygen atoms in total. The average molecular weight is 565 g/mol. The molecule has 3 rings (SSSR count). The van der Waals surface area contributed by atoms with E-state index < -0.39 is 14.6 Å². The first-order valence-corrected chi connectivity index (χ1v) is 12.4. The first kappa shape index (κ1) is 26.3. The summed E-state index contributed by atoms with van der Waals surface area (Å²) in [6.45, 7) is 8.86. The zero-order valence-electron chi connectivity index (χ0n) is 19.1. The van der Waals surface area contributed by atoms with Crippen LogP contribution < -0.4 is 10.6 Å². The molecule has 1 atom stereocenters. The van der Waals surface area contributed by atoms with E-state index in [9.17, 15) is 8.42 Å². The minimum atomic E-state index is -3.08. The van der Waals surface area contributed by atoms with Crippen molar-refractivity contribution in [3.05, 3.63) is 35.9 Å². The van der Waals surface area contributed by atoms with E-state index in [2.05, 4.69) is 51.7 Å². The number of sulfone groups is 1. The molecular weight excluding hydrogens is 527 g/mol. The van der Waals surface area contributed by atoms with Gasteiger partial charge in [-0.15, -0.1) is 24.0 Å². The standard InChI is InChI=1S/C22H36N4O3S.HI/c1-18(19-8-6-5-7-9-19)25-22(10-13-29-14-11-22)16-24-20(23-4)26-12-15-30(27,28)21(2,3)17-26;/h5-9,18,25H,10-17H2,1-4H3,(H,23,24);1H. The summed E-state index contributed by atoms with van der Waals surface area (Å²) in [5, 5.41) is 7.38. The number of benzene rings is 1. The molecule has 9 heteroatoms. The van der Waals surface area contributed by atoms with E-state index >= 15 is 0 Å². The van der Waals surface area contributed by atoms with Gasteiger partial charge in [0.25, 0.3) is 0 Å². The Morgan fingerprint density at radius 1 is 1.23 bits per heavy atom. The maximum atomic E-state index is 12.4. The van der Waals surface area contributed by atoms with Gasteiger partial charge in [0.1, 0.15) is 0 Å². The number of aliphatic imine (C=N–C) groups is 1. The number of nitrogens with zero attached hydrogens (tertiary/aromatic N) is 2. The fourth-order valence-corrected chi connectivity index (χ4v) is 5.69. The maximum Gasteiger partial charge on any atom is 0.193 e. The molecule has 2 fully saturated rings. The number of nitrogens with one attached hydrogen (secondary N) is 2. The van der Waals surface area contributed by atoms with Crippen LogP contribution in [0.4, 0.5) is 0 Å². The topological polar surface area (TPSA) is 83.0 Å². The van der Waals surface area contributed by atoms with Crippen LogP contribution in [0.2, 0.25) is 0 Å². The molecule has 0 bridgehead atoms.